The lowest BCUT2D eigenvalue weighted by Gasteiger charge is -2.34. The minimum atomic E-state index is 0.0511. The Morgan fingerprint density at radius 3 is 2.80 bits per heavy atom. The number of piperazine rings is 1. The molecule has 1 aliphatic rings. The number of aliphatic hydroxyl groups excluding tert-OH is 1. The molecule has 110 valence electrons. The van der Waals surface area contributed by atoms with Crippen molar-refractivity contribution in [2.24, 2.45) is 0 Å². The lowest BCUT2D eigenvalue weighted by Crippen LogP contribution is -2.49. The number of nitrogens with one attached hydrogen (secondary N) is 1. The first kappa shape index (κ1) is 14.7. The molecule has 0 aromatic carbocycles. The van der Waals surface area contributed by atoms with Crippen LogP contribution in [0.5, 0.6) is 0 Å². The summed E-state index contributed by atoms with van der Waals surface area (Å²) in [5, 5.41) is 12.0. The summed E-state index contributed by atoms with van der Waals surface area (Å²) in [7, 11) is 0. The zero-order valence-corrected chi connectivity index (χ0v) is 11.9. The Labute approximate surface area is 119 Å². The van der Waals surface area contributed by atoms with Crippen molar-refractivity contribution in [2.75, 3.05) is 51.2 Å². The normalized spacial score (nSPS) is 16.2. The summed E-state index contributed by atoms with van der Waals surface area (Å²) in [6.07, 6.45) is 1.66. The van der Waals surface area contributed by atoms with Crippen molar-refractivity contribution in [3.63, 3.8) is 0 Å². The lowest BCUT2D eigenvalue weighted by atomic mass is 10.2. The number of carbonyl (C=O) groups excluding carboxylic acids is 1. The van der Waals surface area contributed by atoms with E-state index in [9.17, 15) is 4.79 Å². The molecule has 1 saturated heterocycles. The zero-order valence-electron chi connectivity index (χ0n) is 11.9. The summed E-state index contributed by atoms with van der Waals surface area (Å²) in [5.74, 6) is 0.785. The van der Waals surface area contributed by atoms with Crippen LogP contribution in [0.1, 0.15) is 17.3 Å². The Bertz CT molecular complexity index is 445. The van der Waals surface area contributed by atoms with Gasteiger partial charge in [-0.2, -0.15) is 0 Å². The van der Waals surface area contributed by atoms with Crippen molar-refractivity contribution >= 4 is 11.7 Å². The highest BCUT2D eigenvalue weighted by molar-refractivity contribution is 5.94. The Morgan fingerprint density at radius 2 is 2.15 bits per heavy atom. The molecular formula is C14H22N4O2. The van der Waals surface area contributed by atoms with Crippen LogP contribution in [0.4, 0.5) is 5.82 Å². The van der Waals surface area contributed by atoms with E-state index in [-0.39, 0.29) is 12.5 Å². The van der Waals surface area contributed by atoms with E-state index >= 15 is 0 Å². The van der Waals surface area contributed by atoms with E-state index in [2.05, 4.69) is 15.2 Å². The molecule has 0 radical (unpaired) electrons. The Balaban J connectivity index is 1.96. The highest BCUT2D eigenvalue weighted by atomic mass is 16.3. The summed E-state index contributed by atoms with van der Waals surface area (Å²) < 4.78 is 0. The van der Waals surface area contributed by atoms with E-state index in [1.807, 2.05) is 11.8 Å². The second kappa shape index (κ2) is 7.21. The number of pyridine rings is 1. The van der Waals surface area contributed by atoms with Gasteiger partial charge in [-0.3, -0.25) is 9.69 Å². The standard InChI is InChI=1S/C14H22N4O2/c1-2-15-13-11-12(3-4-16-13)14(20)18-7-5-17(6-8-18)9-10-19/h3-4,11,19H,2,5-10H2,1H3,(H,15,16). The fourth-order valence-electron chi connectivity index (χ4n) is 2.34. The van der Waals surface area contributed by atoms with Crippen LogP contribution in [-0.4, -0.2) is 71.7 Å². The predicted molar refractivity (Wildman–Crippen MR) is 77.8 cm³/mol. The van der Waals surface area contributed by atoms with Gasteiger partial charge in [-0.25, -0.2) is 4.98 Å². The van der Waals surface area contributed by atoms with Gasteiger partial charge in [0.25, 0.3) is 5.91 Å². The molecule has 0 bridgehead atoms. The summed E-state index contributed by atoms with van der Waals surface area (Å²) in [4.78, 5) is 20.6. The number of carbonyl (C=O) groups is 1. The Morgan fingerprint density at radius 1 is 1.40 bits per heavy atom. The van der Waals surface area contributed by atoms with Crippen molar-refractivity contribution in [1.82, 2.24) is 14.8 Å². The van der Waals surface area contributed by atoms with E-state index in [1.54, 1.807) is 18.3 Å². The zero-order chi connectivity index (χ0) is 14.4. The molecule has 6 nitrogen and oxygen atoms in total. The van der Waals surface area contributed by atoms with Crippen molar-refractivity contribution in [3.8, 4) is 0 Å². The number of aromatic nitrogens is 1. The van der Waals surface area contributed by atoms with Crippen molar-refractivity contribution in [2.45, 2.75) is 6.92 Å². The lowest BCUT2D eigenvalue weighted by molar-refractivity contribution is 0.0615. The number of rotatable bonds is 5. The van der Waals surface area contributed by atoms with Gasteiger partial charge in [0, 0.05) is 51.0 Å². The van der Waals surface area contributed by atoms with Crippen LogP contribution in [0.3, 0.4) is 0 Å². The smallest absolute Gasteiger partial charge is 0.254 e. The number of nitrogens with zero attached hydrogens (tertiary/aromatic N) is 3. The van der Waals surface area contributed by atoms with Gasteiger partial charge in [0.05, 0.1) is 6.61 Å². The minimum Gasteiger partial charge on any atom is -0.395 e. The first-order valence-corrected chi connectivity index (χ1v) is 7.07. The average Bonchev–Trinajstić information content (AvgIpc) is 2.48. The second-order valence-corrected chi connectivity index (χ2v) is 4.82. The molecule has 2 rings (SSSR count). The number of amides is 1. The maximum Gasteiger partial charge on any atom is 0.254 e. The minimum absolute atomic E-state index is 0.0511. The summed E-state index contributed by atoms with van der Waals surface area (Å²) in [5.41, 5.74) is 0.673. The molecule has 1 aromatic heterocycles. The van der Waals surface area contributed by atoms with Gasteiger partial charge in [-0.05, 0) is 19.1 Å². The molecule has 1 aromatic rings. The third-order valence-corrected chi connectivity index (χ3v) is 3.44. The summed E-state index contributed by atoms with van der Waals surface area (Å²) in [6, 6.07) is 3.55. The van der Waals surface area contributed by atoms with Crippen LogP contribution in [0.15, 0.2) is 18.3 Å². The summed E-state index contributed by atoms with van der Waals surface area (Å²) >= 11 is 0. The third-order valence-electron chi connectivity index (χ3n) is 3.44. The molecule has 0 unspecified atom stereocenters. The van der Waals surface area contributed by atoms with Gasteiger partial charge in [-0.1, -0.05) is 0 Å². The molecule has 0 spiro atoms. The largest absolute Gasteiger partial charge is 0.395 e. The second-order valence-electron chi connectivity index (χ2n) is 4.82. The first-order chi connectivity index (χ1) is 9.74. The van der Waals surface area contributed by atoms with E-state index < -0.39 is 0 Å². The van der Waals surface area contributed by atoms with E-state index in [0.29, 0.717) is 25.2 Å². The van der Waals surface area contributed by atoms with Crippen molar-refractivity contribution < 1.29 is 9.90 Å². The van der Waals surface area contributed by atoms with Crippen molar-refractivity contribution in [1.29, 1.82) is 0 Å². The maximum atomic E-state index is 12.4. The number of aliphatic hydroxyl groups is 1. The van der Waals surface area contributed by atoms with Gasteiger partial charge < -0.3 is 15.3 Å². The number of β-amino-alcohol motifs (C(OH)–C–C–N with tert-alkyl or cyclic N) is 1. The van der Waals surface area contributed by atoms with Gasteiger partial charge in [0.1, 0.15) is 5.82 Å². The quantitative estimate of drug-likeness (QED) is 0.809. The Kier molecular flexibility index (Phi) is 5.31. The van der Waals surface area contributed by atoms with E-state index in [0.717, 1.165) is 25.5 Å². The van der Waals surface area contributed by atoms with Crippen molar-refractivity contribution in [3.05, 3.63) is 23.9 Å². The predicted octanol–water partition coefficient (Wildman–Crippen LogP) is 0.263. The van der Waals surface area contributed by atoms with Gasteiger partial charge >= 0.3 is 0 Å². The number of hydrogen-bond donors (Lipinski definition) is 2. The topological polar surface area (TPSA) is 68.7 Å². The summed E-state index contributed by atoms with van der Waals surface area (Å²) in [6.45, 7) is 6.68. The average molecular weight is 278 g/mol. The van der Waals surface area contributed by atoms with E-state index in [4.69, 9.17) is 5.11 Å². The van der Waals surface area contributed by atoms with Crippen LogP contribution in [-0.2, 0) is 0 Å². The SMILES string of the molecule is CCNc1cc(C(=O)N2CCN(CCO)CC2)ccn1. The molecule has 0 aliphatic carbocycles. The Hall–Kier alpha value is -1.66. The highest BCUT2D eigenvalue weighted by Crippen LogP contribution is 2.11. The third kappa shape index (κ3) is 3.68. The molecule has 6 heteroatoms. The fraction of sp³-hybridized carbons (Fsp3) is 0.571. The molecule has 20 heavy (non-hydrogen) atoms. The molecule has 1 amide bonds. The molecule has 0 atom stereocenters. The molecule has 2 heterocycles. The molecule has 0 saturated carbocycles. The van der Waals surface area contributed by atoms with Crippen LogP contribution < -0.4 is 5.32 Å². The monoisotopic (exact) mass is 278 g/mol. The van der Waals surface area contributed by atoms with Gasteiger partial charge in [-0.15, -0.1) is 0 Å². The number of anilines is 1. The molecule has 1 fully saturated rings. The highest BCUT2D eigenvalue weighted by Gasteiger charge is 2.21. The maximum absolute atomic E-state index is 12.4. The first-order valence-electron chi connectivity index (χ1n) is 7.07. The fourth-order valence-corrected chi connectivity index (χ4v) is 2.34. The number of hydrogen-bond acceptors (Lipinski definition) is 5. The van der Waals surface area contributed by atoms with Gasteiger partial charge in [0.15, 0.2) is 0 Å². The van der Waals surface area contributed by atoms with Gasteiger partial charge in [0.2, 0.25) is 0 Å². The van der Waals surface area contributed by atoms with Crippen LogP contribution in [0.25, 0.3) is 0 Å². The van der Waals surface area contributed by atoms with Crippen LogP contribution >= 0.6 is 0 Å². The molecular weight excluding hydrogens is 256 g/mol. The van der Waals surface area contributed by atoms with E-state index in [1.165, 1.54) is 0 Å². The van der Waals surface area contributed by atoms with Crippen LogP contribution in [0, 0.1) is 0 Å². The molecule has 1 aliphatic heterocycles. The molecule has 2 N–H and O–H groups in total. The van der Waals surface area contributed by atoms with Crippen LogP contribution in [0.2, 0.25) is 0 Å².